The van der Waals surface area contributed by atoms with E-state index in [0.29, 0.717) is 24.1 Å². The number of aromatic nitrogens is 2. The second-order valence-electron chi connectivity index (χ2n) is 7.89. The zero-order valence-corrected chi connectivity index (χ0v) is 17.3. The Kier molecular flexibility index (Phi) is 4.98. The van der Waals surface area contributed by atoms with E-state index in [0.717, 1.165) is 22.0 Å². The van der Waals surface area contributed by atoms with E-state index in [1.54, 1.807) is 11.8 Å². The van der Waals surface area contributed by atoms with Crippen molar-refractivity contribution in [2.75, 3.05) is 6.61 Å². The van der Waals surface area contributed by atoms with Crippen molar-refractivity contribution in [2.45, 2.75) is 38.9 Å². The van der Waals surface area contributed by atoms with E-state index in [9.17, 15) is 0 Å². The fourth-order valence-corrected chi connectivity index (χ4v) is 3.62. The Balaban J connectivity index is 1.42. The van der Waals surface area contributed by atoms with Crippen LogP contribution in [0, 0.1) is 6.92 Å². The third-order valence-corrected chi connectivity index (χ3v) is 5.48. The number of hydrogen-bond acceptors (Lipinski definition) is 6. The fraction of sp³-hybridized carbons (Fsp3) is 0.318. The molecule has 0 aliphatic carbocycles. The molecular weight excluding hydrogens is 370 g/mol. The molecule has 0 saturated carbocycles. The normalized spacial score (nSPS) is 13.6. The summed E-state index contributed by atoms with van der Waals surface area (Å²) in [6.45, 7) is 9.10. The van der Waals surface area contributed by atoms with Crippen LogP contribution < -0.4 is 4.74 Å². The van der Waals surface area contributed by atoms with Gasteiger partial charge in [-0.2, -0.15) is 4.98 Å². The first kappa shape index (κ1) is 18.7. The van der Waals surface area contributed by atoms with E-state index in [4.69, 9.17) is 9.26 Å². The molecule has 0 amide bonds. The minimum Gasteiger partial charge on any atom is -0.484 e. The van der Waals surface area contributed by atoms with Crippen molar-refractivity contribution in [1.82, 2.24) is 10.1 Å². The summed E-state index contributed by atoms with van der Waals surface area (Å²) in [5, 5.41) is 5.03. The highest BCUT2D eigenvalue weighted by Gasteiger charge is 2.17. The molecule has 0 saturated heterocycles. The third kappa shape index (κ3) is 4.12. The lowest BCUT2D eigenvalue weighted by molar-refractivity contribution is 0.375. The Labute approximate surface area is 169 Å². The summed E-state index contributed by atoms with van der Waals surface area (Å²) in [5.74, 6) is 2.59. The third-order valence-electron chi connectivity index (χ3n) is 4.55. The molecule has 5 nitrogen and oxygen atoms in total. The molecule has 1 aliphatic rings. The van der Waals surface area contributed by atoms with Crippen LogP contribution in [0.25, 0.3) is 11.4 Å². The van der Waals surface area contributed by atoms with Crippen LogP contribution in [0.2, 0.25) is 0 Å². The maximum Gasteiger partial charge on any atom is 0.237 e. The molecule has 0 fully saturated rings. The molecule has 1 aliphatic heterocycles. The molecule has 144 valence electrons. The van der Waals surface area contributed by atoms with Crippen LogP contribution in [0.15, 0.2) is 52.0 Å². The maximum atomic E-state index is 5.80. The van der Waals surface area contributed by atoms with Gasteiger partial charge in [-0.25, -0.2) is 4.99 Å². The van der Waals surface area contributed by atoms with Gasteiger partial charge in [0, 0.05) is 5.56 Å². The van der Waals surface area contributed by atoms with Gasteiger partial charge in [0.1, 0.15) is 23.1 Å². The van der Waals surface area contributed by atoms with Gasteiger partial charge in [-0.05, 0) is 35.6 Å². The number of aryl methyl sites for hydroxylation is 1. The molecule has 0 unspecified atom stereocenters. The largest absolute Gasteiger partial charge is 0.484 e. The molecule has 2 heterocycles. The Hall–Kier alpha value is -2.60. The first-order valence-electron chi connectivity index (χ1n) is 9.26. The van der Waals surface area contributed by atoms with E-state index in [-0.39, 0.29) is 5.41 Å². The molecule has 3 aromatic rings. The van der Waals surface area contributed by atoms with Crippen LogP contribution in [-0.2, 0) is 11.2 Å². The summed E-state index contributed by atoms with van der Waals surface area (Å²) in [7, 11) is 0. The van der Waals surface area contributed by atoms with Gasteiger partial charge in [0.05, 0.1) is 5.75 Å². The van der Waals surface area contributed by atoms with Crippen molar-refractivity contribution in [1.29, 1.82) is 0 Å². The van der Waals surface area contributed by atoms with Crippen LogP contribution >= 0.6 is 11.8 Å². The molecule has 0 radical (unpaired) electrons. The van der Waals surface area contributed by atoms with Crippen LogP contribution in [0.1, 0.15) is 37.8 Å². The molecule has 0 spiro atoms. The van der Waals surface area contributed by atoms with Gasteiger partial charge in [0.2, 0.25) is 11.7 Å². The molecule has 28 heavy (non-hydrogen) atoms. The standard InChI is InChI=1S/C22H23N3O2S/c1-14-5-10-17-18(11-14)26-12-20(23-17)28-13-19-24-21(25-27-19)15-6-8-16(9-7-15)22(2,3)4/h5-11H,12-13H2,1-4H3. The lowest BCUT2D eigenvalue weighted by Gasteiger charge is -2.18. The van der Waals surface area contributed by atoms with Crippen molar-refractivity contribution >= 4 is 22.5 Å². The van der Waals surface area contributed by atoms with Gasteiger partial charge < -0.3 is 9.26 Å². The van der Waals surface area contributed by atoms with Gasteiger partial charge in [-0.3, -0.25) is 0 Å². The highest BCUT2D eigenvalue weighted by atomic mass is 32.2. The number of ether oxygens (including phenoxy) is 1. The van der Waals surface area contributed by atoms with E-state index >= 15 is 0 Å². The second kappa shape index (κ2) is 7.43. The molecule has 0 N–H and O–H groups in total. The van der Waals surface area contributed by atoms with E-state index < -0.39 is 0 Å². The molecular formula is C22H23N3O2S. The highest BCUT2D eigenvalue weighted by Crippen LogP contribution is 2.33. The Morgan fingerprint density at radius 3 is 2.61 bits per heavy atom. The van der Waals surface area contributed by atoms with Gasteiger partial charge >= 0.3 is 0 Å². The molecule has 2 aromatic carbocycles. The van der Waals surface area contributed by atoms with Crippen molar-refractivity contribution in [2.24, 2.45) is 4.99 Å². The summed E-state index contributed by atoms with van der Waals surface area (Å²) in [6.07, 6.45) is 0. The predicted molar refractivity (Wildman–Crippen MR) is 113 cm³/mol. The van der Waals surface area contributed by atoms with Crippen LogP contribution in [0.3, 0.4) is 0 Å². The summed E-state index contributed by atoms with van der Waals surface area (Å²) in [6, 6.07) is 14.3. The van der Waals surface area contributed by atoms with Crippen molar-refractivity contribution < 1.29 is 9.26 Å². The number of benzene rings is 2. The monoisotopic (exact) mass is 393 g/mol. The Morgan fingerprint density at radius 1 is 1.07 bits per heavy atom. The van der Waals surface area contributed by atoms with Crippen LogP contribution in [0.5, 0.6) is 5.75 Å². The van der Waals surface area contributed by atoms with Crippen molar-refractivity contribution in [3.63, 3.8) is 0 Å². The van der Waals surface area contributed by atoms with Gasteiger partial charge in [-0.1, -0.05) is 68.0 Å². The zero-order valence-electron chi connectivity index (χ0n) is 16.5. The topological polar surface area (TPSA) is 60.5 Å². The quantitative estimate of drug-likeness (QED) is 0.571. The lowest BCUT2D eigenvalue weighted by atomic mass is 9.87. The number of thioether (sulfide) groups is 1. The summed E-state index contributed by atoms with van der Waals surface area (Å²) >= 11 is 1.56. The summed E-state index contributed by atoms with van der Waals surface area (Å²) in [5.41, 5.74) is 4.39. The SMILES string of the molecule is Cc1ccc2c(c1)OCC(SCc1nc(-c3ccc(C(C)(C)C)cc3)no1)=N2. The fourth-order valence-electron chi connectivity index (χ4n) is 2.90. The summed E-state index contributed by atoms with van der Waals surface area (Å²) < 4.78 is 11.2. The average molecular weight is 394 g/mol. The molecule has 0 atom stereocenters. The first-order valence-corrected chi connectivity index (χ1v) is 10.2. The number of aliphatic imine (C=N–C) groups is 1. The smallest absolute Gasteiger partial charge is 0.237 e. The van der Waals surface area contributed by atoms with E-state index in [1.807, 2.05) is 37.3 Å². The molecule has 4 rings (SSSR count). The molecule has 1 aromatic heterocycles. The maximum absolute atomic E-state index is 5.80. The first-order chi connectivity index (χ1) is 13.4. The van der Waals surface area contributed by atoms with Gasteiger partial charge in [0.15, 0.2) is 0 Å². The molecule has 6 heteroatoms. The van der Waals surface area contributed by atoms with Crippen molar-refractivity contribution in [3.8, 4) is 17.1 Å². The number of rotatable bonds is 3. The van der Waals surface area contributed by atoms with Crippen molar-refractivity contribution in [3.05, 3.63) is 59.5 Å². The minimum absolute atomic E-state index is 0.123. The van der Waals surface area contributed by atoms with Gasteiger partial charge in [-0.15, -0.1) is 0 Å². The lowest BCUT2D eigenvalue weighted by Crippen LogP contribution is -2.12. The van der Waals surface area contributed by atoms with E-state index in [1.165, 1.54) is 11.1 Å². The second-order valence-corrected chi connectivity index (χ2v) is 8.94. The highest BCUT2D eigenvalue weighted by molar-refractivity contribution is 8.13. The number of nitrogens with zero attached hydrogens (tertiary/aromatic N) is 3. The Morgan fingerprint density at radius 2 is 1.86 bits per heavy atom. The van der Waals surface area contributed by atoms with Gasteiger partial charge in [0.25, 0.3) is 0 Å². The Bertz CT molecular complexity index is 1020. The summed E-state index contributed by atoms with van der Waals surface area (Å²) in [4.78, 5) is 9.18. The van der Waals surface area contributed by atoms with Crippen LogP contribution in [-0.4, -0.2) is 21.8 Å². The predicted octanol–water partition coefficient (Wildman–Crippen LogP) is 5.70. The minimum atomic E-state index is 0.123. The number of hydrogen-bond donors (Lipinski definition) is 0. The molecule has 0 bridgehead atoms. The number of fused-ring (bicyclic) bond motifs is 1. The van der Waals surface area contributed by atoms with Crippen LogP contribution in [0.4, 0.5) is 5.69 Å². The zero-order chi connectivity index (χ0) is 19.7. The average Bonchev–Trinajstić information content (AvgIpc) is 3.15. The van der Waals surface area contributed by atoms with E-state index in [2.05, 4.69) is 48.0 Å².